The van der Waals surface area contributed by atoms with Crippen LogP contribution < -0.4 is 10.1 Å². The lowest BCUT2D eigenvalue weighted by Gasteiger charge is -2.17. The van der Waals surface area contributed by atoms with Crippen molar-refractivity contribution >= 4 is 11.7 Å². The molecule has 1 unspecified atom stereocenters. The van der Waals surface area contributed by atoms with Gasteiger partial charge in [-0.1, -0.05) is 0 Å². The second-order valence-corrected chi connectivity index (χ2v) is 6.67. The number of alkyl halides is 3. The predicted molar refractivity (Wildman–Crippen MR) is 97.2 cm³/mol. The van der Waals surface area contributed by atoms with E-state index in [4.69, 9.17) is 0 Å². The van der Waals surface area contributed by atoms with Crippen molar-refractivity contribution in [2.24, 2.45) is 0 Å². The third-order valence-electron chi connectivity index (χ3n) is 4.02. The normalized spacial score (nSPS) is 12.4. The lowest BCUT2D eigenvalue weighted by molar-refractivity contribution is -0.154. The van der Waals surface area contributed by atoms with E-state index < -0.39 is 30.5 Å². The summed E-state index contributed by atoms with van der Waals surface area (Å²) in [5.41, 5.74) is 1.26. The SMILES string of the molecule is CC(=O)Cc1cc(C(=O)NC(C)c2cnc(OCC(F)(F)F)c(C)c2)ccc1F. The molecule has 0 radical (unpaired) electrons. The smallest absolute Gasteiger partial charge is 0.422 e. The van der Waals surface area contributed by atoms with Crippen molar-refractivity contribution in [3.8, 4) is 5.88 Å². The third-order valence-corrected chi connectivity index (χ3v) is 4.02. The fourth-order valence-corrected chi connectivity index (χ4v) is 2.61. The van der Waals surface area contributed by atoms with Crippen LogP contribution in [0.25, 0.3) is 0 Å². The van der Waals surface area contributed by atoms with Gasteiger partial charge in [0.1, 0.15) is 11.6 Å². The van der Waals surface area contributed by atoms with Gasteiger partial charge >= 0.3 is 6.18 Å². The first-order valence-electron chi connectivity index (χ1n) is 8.71. The summed E-state index contributed by atoms with van der Waals surface area (Å²) >= 11 is 0. The number of hydrogen-bond acceptors (Lipinski definition) is 4. The third kappa shape index (κ3) is 6.55. The Hall–Kier alpha value is -2.97. The van der Waals surface area contributed by atoms with Crippen LogP contribution >= 0.6 is 0 Å². The highest BCUT2D eigenvalue weighted by molar-refractivity contribution is 5.95. The van der Waals surface area contributed by atoms with Gasteiger partial charge in [0.25, 0.3) is 5.91 Å². The van der Waals surface area contributed by atoms with Crippen molar-refractivity contribution in [3.63, 3.8) is 0 Å². The van der Waals surface area contributed by atoms with Crippen LogP contribution in [0.4, 0.5) is 17.6 Å². The summed E-state index contributed by atoms with van der Waals surface area (Å²) < 4.78 is 55.2. The highest BCUT2D eigenvalue weighted by atomic mass is 19.4. The number of Topliss-reactive ketones (excluding diaryl/α,β-unsaturated/α-hetero) is 1. The second-order valence-electron chi connectivity index (χ2n) is 6.67. The molecule has 156 valence electrons. The minimum Gasteiger partial charge on any atom is -0.468 e. The minimum atomic E-state index is -4.47. The van der Waals surface area contributed by atoms with Gasteiger partial charge in [0.05, 0.1) is 6.04 Å². The molecule has 1 amide bonds. The average Bonchev–Trinajstić information content (AvgIpc) is 2.61. The number of halogens is 4. The molecule has 29 heavy (non-hydrogen) atoms. The summed E-state index contributed by atoms with van der Waals surface area (Å²) in [5, 5.41) is 2.71. The van der Waals surface area contributed by atoms with Crippen LogP contribution in [0.2, 0.25) is 0 Å². The number of ether oxygens (including phenoxy) is 1. The van der Waals surface area contributed by atoms with E-state index >= 15 is 0 Å². The molecule has 0 spiro atoms. The van der Waals surface area contributed by atoms with Crippen LogP contribution in [0.5, 0.6) is 5.88 Å². The van der Waals surface area contributed by atoms with Gasteiger partial charge in [0.2, 0.25) is 5.88 Å². The number of nitrogens with one attached hydrogen (secondary N) is 1. The zero-order valence-corrected chi connectivity index (χ0v) is 16.1. The standard InChI is InChI=1S/C20H20F4N2O3/c1-11-6-16(9-25-19(11)29-10-20(22,23)24)13(3)26-18(28)14-4-5-17(21)15(8-14)7-12(2)27/h4-6,8-9,13H,7,10H2,1-3H3,(H,26,28). The molecule has 0 saturated carbocycles. The number of hydrogen-bond donors (Lipinski definition) is 1. The molecule has 0 saturated heterocycles. The Morgan fingerprint density at radius 3 is 2.52 bits per heavy atom. The van der Waals surface area contributed by atoms with Crippen molar-refractivity contribution in [2.75, 3.05) is 6.61 Å². The number of carbonyl (C=O) groups excluding carboxylic acids is 2. The summed E-state index contributed by atoms with van der Waals surface area (Å²) in [6.07, 6.45) is -3.27. The number of rotatable bonds is 7. The van der Waals surface area contributed by atoms with Crippen molar-refractivity contribution < 1.29 is 31.9 Å². The van der Waals surface area contributed by atoms with Gasteiger partial charge in [-0.05, 0) is 56.2 Å². The molecule has 2 aromatic rings. The monoisotopic (exact) mass is 412 g/mol. The van der Waals surface area contributed by atoms with Gasteiger partial charge < -0.3 is 10.1 Å². The summed E-state index contributed by atoms with van der Waals surface area (Å²) in [6.45, 7) is 3.10. The predicted octanol–water partition coefficient (Wildman–Crippen LogP) is 4.09. The number of nitrogens with zero attached hydrogens (tertiary/aromatic N) is 1. The van der Waals surface area contributed by atoms with Crippen LogP contribution in [-0.4, -0.2) is 29.5 Å². The Morgan fingerprint density at radius 2 is 1.93 bits per heavy atom. The number of carbonyl (C=O) groups is 2. The number of aryl methyl sites for hydroxylation is 1. The van der Waals surface area contributed by atoms with E-state index in [1.165, 1.54) is 25.3 Å². The minimum absolute atomic E-state index is 0.120. The van der Waals surface area contributed by atoms with Crippen LogP contribution in [0.1, 0.15) is 46.9 Å². The van der Waals surface area contributed by atoms with E-state index in [-0.39, 0.29) is 29.2 Å². The van der Waals surface area contributed by atoms with Gasteiger partial charge in [0, 0.05) is 23.7 Å². The summed E-state index contributed by atoms with van der Waals surface area (Å²) in [6, 6.07) is 4.78. The van der Waals surface area contributed by atoms with Gasteiger partial charge in [-0.15, -0.1) is 0 Å². The van der Waals surface area contributed by atoms with Crippen LogP contribution in [0.15, 0.2) is 30.5 Å². The molecular formula is C20H20F4N2O3. The molecule has 1 heterocycles. The maximum atomic E-state index is 13.8. The fourth-order valence-electron chi connectivity index (χ4n) is 2.61. The van der Waals surface area contributed by atoms with Crippen LogP contribution in [0, 0.1) is 12.7 Å². The molecule has 0 aliphatic carbocycles. The van der Waals surface area contributed by atoms with E-state index in [9.17, 15) is 27.2 Å². The molecular weight excluding hydrogens is 392 g/mol. The van der Waals surface area contributed by atoms with E-state index in [1.54, 1.807) is 19.9 Å². The molecule has 1 atom stereocenters. The van der Waals surface area contributed by atoms with Gasteiger partial charge in [-0.25, -0.2) is 9.37 Å². The molecule has 0 bridgehead atoms. The van der Waals surface area contributed by atoms with E-state index in [0.29, 0.717) is 11.1 Å². The Balaban J connectivity index is 2.09. The number of ketones is 1. The first kappa shape index (κ1) is 22.3. The molecule has 1 aromatic heterocycles. The van der Waals surface area contributed by atoms with Gasteiger partial charge in [0.15, 0.2) is 6.61 Å². The van der Waals surface area contributed by atoms with Gasteiger partial charge in [-0.3, -0.25) is 9.59 Å². The molecule has 0 aliphatic rings. The second kappa shape index (κ2) is 9.02. The Kier molecular flexibility index (Phi) is 6.94. The Morgan fingerprint density at radius 1 is 1.24 bits per heavy atom. The maximum absolute atomic E-state index is 13.8. The van der Waals surface area contributed by atoms with Crippen molar-refractivity contribution in [2.45, 2.75) is 39.4 Å². The molecule has 9 heteroatoms. The number of benzene rings is 1. The van der Waals surface area contributed by atoms with Gasteiger partial charge in [-0.2, -0.15) is 13.2 Å². The lowest BCUT2D eigenvalue weighted by atomic mass is 10.0. The fraction of sp³-hybridized carbons (Fsp3) is 0.350. The molecule has 0 aliphatic heterocycles. The zero-order chi connectivity index (χ0) is 21.8. The van der Waals surface area contributed by atoms with Crippen molar-refractivity contribution in [3.05, 3.63) is 58.5 Å². The molecule has 1 aromatic carbocycles. The van der Waals surface area contributed by atoms with E-state index in [1.807, 2.05) is 0 Å². The summed E-state index contributed by atoms with van der Waals surface area (Å²) in [7, 11) is 0. The number of pyridine rings is 1. The Bertz CT molecular complexity index is 913. The highest BCUT2D eigenvalue weighted by Crippen LogP contribution is 2.23. The quantitative estimate of drug-likeness (QED) is 0.696. The molecule has 0 fully saturated rings. The first-order valence-corrected chi connectivity index (χ1v) is 8.71. The molecule has 2 rings (SSSR count). The lowest BCUT2D eigenvalue weighted by Crippen LogP contribution is -2.27. The molecule has 5 nitrogen and oxygen atoms in total. The largest absolute Gasteiger partial charge is 0.468 e. The first-order chi connectivity index (χ1) is 13.5. The molecule has 1 N–H and O–H groups in total. The van der Waals surface area contributed by atoms with E-state index in [0.717, 1.165) is 6.07 Å². The Labute approximate surface area is 165 Å². The number of amides is 1. The van der Waals surface area contributed by atoms with Crippen molar-refractivity contribution in [1.82, 2.24) is 10.3 Å². The number of aromatic nitrogens is 1. The maximum Gasteiger partial charge on any atom is 0.422 e. The van der Waals surface area contributed by atoms with Crippen LogP contribution in [0.3, 0.4) is 0 Å². The summed E-state index contributed by atoms with van der Waals surface area (Å²) in [4.78, 5) is 27.6. The summed E-state index contributed by atoms with van der Waals surface area (Å²) in [5.74, 6) is -1.43. The average molecular weight is 412 g/mol. The van der Waals surface area contributed by atoms with Crippen molar-refractivity contribution in [1.29, 1.82) is 0 Å². The zero-order valence-electron chi connectivity index (χ0n) is 16.1. The topological polar surface area (TPSA) is 68.3 Å². The van der Waals surface area contributed by atoms with Crippen LogP contribution in [-0.2, 0) is 11.2 Å². The van der Waals surface area contributed by atoms with E-state index in [2.05, 4.69) is 15.0 Å². The highest BCUT2D eigenvalue weighted by Gasteiger charge is 2.29.